The number of pyridine rings is 1. The molecule has 1 aromatic carbocycles. The maximum absolute atomic E-state index is 12.2. The van der Waals surface area contributed by atoms with Crippen molar-refractivity contribution in [1.82, 2.24) is 9.97 Å². The highest BCUT2D eigenvalue weighted by atomic mass is 35.5. The van der Waals surface area contributed by atoms with Gasteiger partial charge in [-0.2, -0.15) is 0 Å². The van der Waals surface area contributed by atoms with Gasteiger partial charge in [0.05, 0.1) is 6.42 Å². The number of H-pyrrole nitrogens is 1. The minimum Gasteiger partial charge on any atom is -0.358 e. The highest BCUT2D eigenvalue weighted by molar-refractivity contribution is 6.31. The van der Waals surface area contributed by atoms with Crippen LogP contribution in [-0.4, -0.2) is 15.9 Å². The van der Waals surface area contributed by atoms with Gasteiger partial charge in [0.1, 0.15) is 0 Å². The quantitative estimate of drug-likeness (QED) is 0.774. The molecule has 5 heteroatoms. The lowest BCUT2D eigenvalue weighted by Crippen LogP contribution is -2.14. The molecule has 2 N–H and O–H groups in total. The molecular weight excluding hydrogens is 286 g/mol. The monoisotopic (exact) mass is 299 g/mol. The lowest BCUT2D eigenvalue weighted by molar-refractivity contribution is -0.115. The third-order valence-electron chi connectivity index (χ3n) is 3.38. The summed E-state index contributed by atoms with van der Waals surface area (Å²) < 4.78 is 0. The van der Waals surface area contributed by atoms with Crippen LogP contribution >= 0.6 is 11.6 Å². The van der Waals surface area contributed by atoms with Crippen molar-refractivity contribution < 1.29 is 4.79 Å². The summed E-state index contributed by atoms with van der Waals surface area (Å²) in [5.74, 6) is -0.0647. The van der Waals surface area contributed by atoms with Crippen LogP contribution in [-0.2, 0) is 11.2 Å². The SMILES string of the molecule is Cc1[nH]c2ccc(Cl)cc2c1CC(=O)Nc1ccncc1. The maximum atomic E-state index is 12.2. The molecule has 0 spiro atoms. The zero-order valence-electron chi connectivity index (χ0n) is 11.5. The van der Waals surface area contributed by atoms with Crippen LogP contribution in [0.3, 0.4) is 0 Å². The van der Waals surface area contributed by atoms with Gasteiger partial charge >= 0.3 is 0 Å². The number of rotatable bonds is 3. The molecule has 3 aromatic rings. The smallest absolute Gasteiger partial charge is 0.228 e. The van der Waals surface area contributed by atoms with Gasteiger partial charge in [0, 0.05) is 39.7 Å². The predicted molar refractivity (Wildman–Crippen MR) is 84.6 cm³/mol. The van der Waals surface area contributed by atoms with Crippen molar-refractivity contribution >= 4 is 34.1 Å². The molecule has 0 bridgehead atoms. The van der Waals surface area contributed by atoms with Gasteiger partial charge in [-0.3, -0.25) is 9.78 Å². The number of carbonyl (C=O) groups excluding carboxylic acids is 1. The van der Waals surface area contributed by atoms with Crippen LogP contribution in [0.2, 0.25) is 5.02 Å². The number of anilines is 1. The van der Waals surface area contributed by atoms with Crippen molar-refractivity contribution in [2.45, 2.75) is 13.3 Å². The lowest BCUT2D eigenvalue weighted by Gasteiger charge is -2.05. The summed E-state index contributed by atoms with van der Waals surface area (Å²) >= 11 is 6.04. The Hall–Kier alpha value is -2.33. The van der Waals surface area contributed by atoms with Gasteiger partial charge in [0.2, 0.25) is 5.91 Å². The van der Waals surface area contributed by atoms with Gasteiger partial charge in [-0.05, 0) is 42.8 Å². The summed E-state index contributed by atoms with van der Waals surface area (Å²) in [6.45, 7) is 1.96. The van der Waals surface area contributed by atoms with Gasteiger partial charge in [-0.25, -0.2) is 0 Å². The Balaban J connectivity index is 1.86. The van der Waals surface area contributed by atoms with E-state index in [2.05, 4.69) is 15.3 Å². The molecule has 4 nitrogen and oxygen atoms in total. The summed E-state index contributed by atoms with van der Waals surface area (Å²) in [5.41, 5.74) is 3.69. The Morgan fingerprint density at radius 3 is 2.81 bits per heavy atom. The van der Waals surface area contributed by atoms with Crippen LogP contribution in [0.5, 0.6) is 0 Å². The van der Waals surface area contributed by atoms with Crippen molar-refractivity contribution in [2.75, 3.05) is 5.32 Å². The van der Waals surface area contributed by atoms with E-state index in [1.54, 1.807) is 24.5 Å². The molecule has 0 aliphatic heterocycles. The van der Waals surface area contributed by atoms with Crippen LogP contribution in [0.4, 0.5) is 5.69 Å². The number of carbonyl (C=O) groups is 1. The molecule has 2 aromatic heterocycles. The van der Waals surface area contributed by atoms with E-state index >= 15 is 0 Å². The molecule has 1 amide bonds. The third-order valence-corrected chi connectivity index (χ3v) is 3.62. The van der Waals surface area contributed by atoms with E-state index in [4.69, 9.17) is 11.6 Å². The predicted octanol–water partition coefficient (Wildman–Crippen LogP) is 3.71. The number of nitrogens with one attached hydrogen (secondary N) is 2. The summed E-state index contributed by atoms with van der Waals surface area (Å²) in [5, 5.41) is 4.52. The second-order valence-corrected chi connectivity index (χ2v) is 5.32. The van der Waals surface area contributed by atoms with E-state index < -0.39 is 0 Å². The standard InChI is InChI=1S/C16H14ClN3O/c1-10-13(14-8-11(17)2-3-15(14)19-10)9-16(21)20-12-4-6-18-7-5-12/h2-8,19H,9H2,1H3,(H,18,20,21). The van der Waals surface area contributed by atoms with Crippen LogP contribution in [0.25, 0.3) is 10.9 Å². The van der Waals surface area contributed by atoms with Gasteiger partial charge in [0.25, 0.3) is 0 Å². The Labute approximate surface area is 127 Å². The largest absolute Gasteiger partial charge is 0.358 e. The van der Waals surface area contributed by atoms with Gasteiger partial charge in [-0.15, -0.1) is 0 Å². The minimum atomic E-state index is -0.0647. The topological polar surface area (TPSA) is 57.8 Å². The fourth-order valence-corrected chi connectivity index (χ4v) is 2.56. The van der Waals surface area contributed by atoms with Crippen molar-refractivity contribution in [2.24, 2.45) is 0 Å². The second kappa shape index (κ2) is 5.58. The molecule has 0 saturated heterocycles. The molecule has 3 rings (SSSR count). The zero-order valence-corrected chi connectivity index (χ0v) is 12.2. The Morgan fingerprint density at radius 1 is 1.29 bits per heavy atom. The average Bonchev–Trinajstić information content (AvgIpc) is 2.76. The first-order valence-electron chi connectivity index (χ1n) is 6.60. The summed E-state index contributed by atoms with van der Waals surface area (Å²) in [6.07, 6.45) is 3.59. The first-order valence-corrected chi connectivity index (χ1v) is 6.98. The van der Waals surface area contributed by atoms with Gasteiger partial charge in [-0.1, -0.05) is 11.6 Å². The third kappa shape index (κ3) is 2.90. The molecule has 21 heavy (non-hydrogen) atoms. The summed E-state index contributed by atoms with van der Waals surface area (Å²) in [4.78, 5) is 19.4. The molecule has 0 fully saturated rings. The average molecular weight is 300 g/mol. The van der Waals surface area contributed by atoms with E-state index in [9.17, 15) is 4.79 Å². The molecule has 0 radical (unpaired) electrons. The van der Waals surface area contributed by atoms with E-state index in [-0.39, 0.29) is 5.91 Å². The number of nitrogens with zero attached hydrogens (tertiary/aromatic N) is 1. The number of hydrogen-bond acceptors (Lipinski definition) is 2. The molecule has 0 saturated carbocycles. The Morgan fingerprint density at radius 2 is 2.05 bits per heavy atom. The number of aryl methyl sites for hydroxylation is 1. The lowest BCUT2D eigenvalue weighted by atomic mass is 10.1. The van der Waals surface area contributed by atoms with E-state index in [1.807, 2.05) is 25.1 Å². The number of aromatic nitrogens is 2. The molecule has 106 valence electrons. The summed E-state index contributed by atoms with van der Waals surface area (Å²) in [6, 6.07) is 9.17. The fraction of sp³-hybridized carbons (Fsp3) is 0.125. The first-order chi connectivity index (χ1) is 10.1. The highest BCUT2D eigenvalue weighted by Crippen LogP contribution is 2.26. The highest BCUT2D eigenvalue weighted by Gasteiger charge is 2.13. The first kappa shape index (κ1) is 13.6. The van der Waals surface area contributed by atoms with E-state index in [0.717, 1.165) is 27.8 Å². The number of hydrogen-bond donors (Lipinski definition) is 2. The van der Waals surface area contributed by atoms with Crippen molar-refractivity contribution in [3.8, 4) is 0 Å². The molecule has 0 aliphatic carbocycles. The second-order valence-electron chi connectivity index (χ2n) is 4.88. The minimum absolute atomic E-state index is 0.0647. The molecule has 0 atom stereocenters. The van der Waals surface area contributed by atoms with Crippen LogP contribution < -0.4 is 5.32 Å². The Bertz CT molecular complexity index is 796. The zero-order chi connectivity index (χ0) is 14.8. The number of aromatic amines is 1. The van der Waals surface area contributed by atoms with Gasteiger partial charge < -0.3 is 10.3 Å². The number of amides is 1. The normalized spacial score (nSPS) is 10.8. The molecule has 0 unspecified atom stereocenters. The summed E-state index contributed by atoms with van der Waals surface area (Å²) in [7, 11) is 0. The molecule has 0 aliphatic rings. The van der Waals surface area contributed by atoms with E-state index in [1.165, 1.54) is 0 Å². The number of fused-ring (bicyclic) bond motifs is 1. The number of benzene rings is 1. The van der Waals surface area contributed by atoms with Gasteiger partial charge in [0.15, 0.2) is 0 Å². The molecule has 2 heterocycles. The number of halogens is 1. The van der Waals surface area contributed by atoms with Crippen LogP contribution in [0, 0.1) is 6.92 Å². The van der Waals surface area contributed by atoms with Crippen molar-refractivity contribution in [3.05, 3.63) is 59.0 Å². The Kier molecular flexibility index (Phi) is 3.62. The molecular formula is C16H14ClN3O. The van der Waals surface area contributed by atoms with Crippen molar-refractivity contribution in [3.63, 3.8) is 0 Å². The van der Waals surface area contributed by atoms with Crippen LogP contribution in [0.15, 0.2) is 42.7 Å². The van der Waals surface area contributed by atoms with Crippen LogP contribution in [0.1, 0.15) is 11.3 Å². The fourth-order valence-electron chi connectivity index (χ4n) is 2.38. The maximum Gasteiger partial charge on any atom is 0.228 e. The van der Waals surface area contributed by atoms with Crippen molar-refractivity contribution in [1.29, 1.82) is 0 Å². The van der Waals surface area contributed by atoms with E-state index in [0.29, 0.717) is 11.4 Å².